The zero-order valence-corrected chi connectivity index (χ0v) is 15.0. The van der Waals surface area contributed by atoms with E-state index >= 15 is 0 Å². The van der Waals surface area contributed by atoms with E-state index in [-0.39, 0.29) is 5.75 Å². The molecule has 0 atom stereocenters. The second kappa shape index (κ2) is 6.92. The number of azo groups is 1. The van der Waals surface area contributed by atoms with Crippen LogP contribution in [0.1, 0.15) is 5.56 Å². The number of rotatable bonds is 4. The topological polar surface area (TPSA) is 71.5 Å². The molecule has 2 heterocycles. The van der Waals surface area contributed by atoms with Gasteiger partial charge in [-0.2, -0.15) is 0 Å². The third kappa shape index (κ3) is 3.25. The first-order valence-corrected chi connectivity index (χ1v) is 8.48. The second-order valence-corrected chi connectivity index (χ2v) is 6.14. The van der Waals surface area contributed by atoms with Crippen molar-refractivity contribution in [3.05, 3.63) is 72.4 Å². The van der Waals surface area contributed by atoms with Gasteiger partial charge in [0.1, 0.15) is 11.4 Å². The van der Waals surface area contributed by atoms with Crippen LogP contribution in [-0.4, -0.2) is 21.6 Å². The average molecular weight is 358 g/mol. The van der Waals surface area contributed by atoms with Crippen molar-refractivity contribution in [2.24, 2.45) is 10.2 Å². The summed E-state index contributed by atoms with van der Waals surface area (Å²) in [6, 6.07) is 18.7. The third-order valence-corrected chi connectivity index (χ3v) is 4.21. The number of aromatic nitrogens is 2. The number of methoxy groups -OCH3 is 1. The maximum absolute atomic E-state index is 10.2. The molecule has 0 spiro atoms. The van der Waals surface area contributed by atoms with Crippen molar-refractivity contribution >= 4 is 17.2 Å². The lowest BCUT2D eigenvalue weighted by atomic mass is 10.1. The van der Waals surface area contributed by atoms with Gasteiger partial charge in [-0.05, 0) is 48.9 Å². The molecule has 0 aliphatic rings. The van der Waals surface area contributed by atoms with E-state index < -0.39 is 0 Å². The number of hydrogen-bond donors (Lipinski definition) is 1. The molecule has 0 radical (unpaired) electrons. The molecule has 2 aromatic heterocycles. The van der Waals surface area contributed by atoms with Crippen molar-refractivity contribution in [2.45, 2.75) is 6.92 Å². The Kier molecular flexibility index (Phi) is 4.30. The predicted molar refractivity (Wildman–Crippen MR) is 104 cm³/mol. The van der Waals surface area contributed by atoms with Crippen molar-refractivity contribution < 1.29 is 9.84 Å². The lowest BCUT2D eigenvalue weighted by molar-refractivity contribution is 0.415. The molecule has 0 bridgehead atoms. The van der Waals surface area contributed by atoms with E-state index in [1.54, 1.807) is 29.8 Å². The van der Waals surface area contributed by atoms with Crippen molar-refractivity contribution in [2.75, 3.05) is 7.11 Å². The second-order valence-electron chi connectivity index (χ2n) is 6.14. The first-order chi connectivity index (χ1) is 13.2. The summed E-state index contributed by atoms with van der Waals surface area (Å²) in [4.78, 5) is 4.59. The zero-order chi connectivity index (χ0) is 18.8. The van der Waals surface area contributed by atoms with Crippen LogP contribution in [0.15, 0.2) is 77.1 Å². The number of hydrogen-bond acceptors (Lipinski definition) is 5. The molecule has 0 aliphatic carbocycles. The summed E-state index contributed by atoms with van der Waals surface area (Å²) in [6.07, 6.45) is 1.80. The Morgan fingerprint density at radius 3 is 2.67 bits per heavy atom. The Morgan fingerprint density at radius 2 is 1.85 bits per heavy atom. The van der Waals surface area contributed by atoms with Crippen molar-refractivity contribution in [3.8, 4) is 22.8 Å². The Morgan fingerprint density at radius 1 is 1.00 bits per heavy atom. The van der Waals surface area contributed by atoms with Crippen LogP contribution in [0.3, 0.4) is 0 Å². The van der Waals surface area contributed by atoms with Crippen LogP contribution in [0.25, 0.3) is 16.9 Å². The number of benzene rings is 2. The molecule has 0 amide bonds. The number of aromatic hydroxyl groups is 1. The maximum Gasteiger partial charge on any atom is 0.187 e. The molecule has 0 aliphatic heterocycles. The SMILES string of the molecule is COc1cccc(-c2nc3c(O)cccn3c2N=Nc2cccc(C)c2)c1. The first kappa shape index (κ1) is 16.8. The molecule has 4 aromatic rings. The highest BCUT2D eigenvalue weighted by Crippen LogP contribution is 2.35. The fourth-order valence-corrected chi connectivity index (χ4v) is 2.90. The molecule has 27 heavy (non-hydrogen) atoms. The number of nitrogens with zero attached hydrogens (tertiary/aromatic N) is 4. The number of ether oxygens (including phenoxy) is 1. The number of aryl methyl sites for hydroxylation is 1. The normalized spacial score (nSPS) is 11.3. The fraction of sp³-hybridized carbons (Fsp3) is 0.0952. The zero-order valence-electron chi connectivity index (χ0n) is 15.0. The summed E-state index contributed by atoms with van der Waals surface area (Å²) in [5.74, 6) is 1.34. The molecule has 4 rings (SSSR count). The van der Waals surface area contributed by atoms with Crippen molar-refractivity contribution in [1.29, 1.82) is 0 Å². The maximum atomic E-state index is 10.2. The van der Waals surface area contributed by atoms with Gasteiger partial charge in [0.25, 0.3) is 0 Å². The molecule has 6 heteroatoms. The van der Waals surface area contributed by atoms with Gasteiger partial charge in [-0.3, -0.25) is 4.40 Å². The third-order valence-electron chi connectivity index (χ3n) is 4.21. The highest BCUT2D eigenvalue weighted by atomic mass is 16.5. The van der Waals surface area contributed by atoms with E-state index in [2.05, 4.69) is 15.2 Å². The molecular weight excluding hydrogens is 340 g/mol. The summed E-state index contributed by atoms with van der Waals surface area (Å²) >= 11 is 0. The Balaban J connectivity index is 1.90. The molecule has 1 N–H and O–H groups in total. The Hall–Kier alpha value is -3.67. The van der Waals surface area contributed by atoms with E-state index in [4.69, 9.17) is 4.74 Å². The van der Waals surface area contributed by atoms with Crippen LogP contribution in [0.2, 0.25) is 0 Å². The van der Waals surface area contributed by atoms with Crippen LogP contribution in [0.5, 0.6) is 11.5 Å². The Labute approximate surface area is 156 Å². The van der Waals surface area contributed by atoms with Crippen molar-refractivity contribution in [1.82, 2.24) is 9.38 Å². The van der Waals surface area contributed by atoms with Gasteiger partial charge in [0.15, 0.2) is 17.2 Å². The van der Waals surface area contributed by atoms with Crippen molar-refractivity contribution in [3.63, 3.8) is 0 Å². The molecule has 2 aromatic carbocycles. The van der Waals surface area contributed by atoms with Crippen LogP contribution < -0.4 is 4.74 Å². The largest absolute Gasteiger partial charge is 0.504 e. The lowest BCUT2D eigenvalue weighted by Crippen LogP contribution is -1.84. The highest BCUT2D eigenvalue weighted by molar-refractivity contribution is 5.77. The summed E-state index contributed by atoms with van der Waals surface area (Å²) in [5, 5.41) is 19.0. The summed E-state index contributed by atoms with van der Waals surface area (Å²) < 4.78 is 7.04. The number of pyridine rings is 1. The van der Waals surface area contributed by atoms with Crippen LogP contribution >= 0.6 is 0 Å². The smallest absolute Gasteiger partial charge is 0.187 e. The van der Waals surface area contributed by atoms with E-state index in [1.807, 2.05) is 55.5 Å². The summed E-state index contributed by atoms with van der Waals surface area (Å²) in [6.45, 7) is 2.01. The summed E-state index contributed by atoms with van der Waals surface area (Å²) in [7, 11) is 1.62. The molecule has 0 saturated carbocycles. The first-order valence-electron chi connectivity index (χ1n) is 8.48. The lowest BCUT2D eigenvalue weighted by Gasteiger charge is -2.03. The molecule has 0 fully saturated rings. The predicted octanol–water partition coefficient (Wildman–Crippen LogP) is 5.44. The van der Waals surface area contributed by atoms with E-state index in [0.717, 1.165) is 22.6 Å². The Bertz CT molecular complexity index is 1150. The molecular formula is C21H18N4O2. The van der Waals surface area contributed by atoms with Crippen LogP contribution in [0.4, 0.5) is 11.5 Å². The molecule has 0 unspecified atom stereocenters. The van der Waals surface area contributed by atoms with E-state index in [0.29, 0.717) is 17.2 Å². The monoisotopic (exact) mass is 358 g/mol. The minimum absolute atomic E-state index is 0.0821. The number of fused-ring (bicyclic) bond motifs is 1. The fourth-order valence-electron chi connectivity index (χ4n) is 2.90. The van der Waals surface area contributed by atoms with Gasteiger partial charge < -0.3 is 9.84 Å². The summed E-state index contributed by atoms with van der Waals surface area (Å²) in [5.41, 5.74) is 3.73. The van der Waals surface area contributed by atoms with Gasteiger partial charge in [0.2, 0.25) is 0 Å². The van der Waals surface area contributed by atoms with Gasteiger partial charge in [0, 0.05) is 11.8 Å². The average Bonchev–Trinajstić information content (AvgIpc) is 3.06. The molecule has 0 saturated heterocycles. The van der Waals surface area contributed by atoms with Crippen LogP contribution in [0, 0.1) is 6.92 Å². The minimum atomic E-state index is 0.0821. The van der Waals surface area contributed by atoms with E-state index in [9.17, 15) is 5.11 Å². The van der Waals surface area contributed by atoms with Crippen LogP contribution in [-0.2, 0) is 0 Å². The van der Waals surface area contributed by atoms with Gasteiger partial charge in [-0.15, -0.1) is 10.2 Å². The van der Waals surface area contributed by atoms with Gasteiger partial charge >= 0.3 is 0 Å². The van der Waals surface area contributed by atoms with E-state index in [1.165, 1.54) is 0 Å². The number of imidazole rings is 1. The van der Waals surface area contributed by atoms with Gasteiger partial charge in [-0.25, -0.2) is 4.98 Å². The minimum Gasteiger partial charge on any atom is -0.504 e. The highest BCUT2D eigenvalue weighted by Gasteiger charge is 2.16. The van der Waals surface area contributed by atoms with Gasteiger partial charge in [0.05, 0.1) is 12.8 Å². The van der Waals surface area contributed by atoms with Gasteiger partial charge in [-0.1, -0.05) is 24.3 Å². The quantitative estimate of drug-likeness (QED) is 0.494. The molecule has 134 valence electrons. The molecule has 6 nitrogen and oxygen atoms in total. The standard InChI is InChI=1S/C21H18N4O2/c1-14-6-3-8-16(12-14)23-24-21-19(15-7-4-9-17(13-15)27-2)22-20-18(26)10-5-11-25(20)21/h3-13,26H,1-2H3.